The molecule has 1 aromatic rings. The summed E-state index contributed by atoms with van der Waals surface area (Å²) in [6.45, 7) is 6.58. The number of aromatic nitrogens is 2. The molecule has 1 amide bonds. The molecule has 1 heterocycles. The Kier molecular flexibility index (Phi) is 7.63. The van der Waals surface area contributed by atoms with E-state index in [2.05, 4.69) is 10.4 Å². The van der Waals surface area contributed by atoms with Crippen LogP contribution in [-0.4, -0.2) is 33.3 Å². The zero-order valence-electron chi connectivity index (χ0n) is 13.8. The lowest BCUT2D eigenvalue weighted by molar-refractivity contribution is -0.137. The molecular formula is C16H27N3O3. The van der Waals surface area contributed by atoms with Gasteiger partial charge in [-0.15, -0.1) is 0 Å². The smallest absolute Gasteiger partial charge is 0.303 e. The fraction of sp³-hybridized carbons (Fsp3) is 0.688. The summed E-state index contributed by atoms with van der Waals surface area (Å²) in [7, 11) is 0. The number of nitrogens with zero attached hydrogens (tertiary/aromatic N) is 2. The molecule has 0 radical (unpaired) electrons. The second kappa shape index (κ2) is 9.23. The molecule has 0 aliphatic rings. The van der Waals surface area contributed by atoms with Gasteiger partial charge in [-0.1, -0.05) is 12.8 Å². The van der Waals surface area contributed by atoms with Crippen molar-refractivity contribution in [1.82, 2.24) is 15.1 Å². The van der Waals surface area contributed by atoms with Crippen molar-refractivity contribution in [2.45, 2.75) is 65.3 Å². The molecule has 0 aromatic carbocycles. The fourth-order valence-corrected chi connectivity index (χ4v) is 2.50. The van der Waals surface area contributed by atoms with Gasteiger partial charge in [0.2, 0.25) is 5.91 Å². The van der Waals surface area contributed by atoms with E-state index in [4.69, 9.17) is 5.11 Å². The van der Waals surface area contributed by atoms with E-state index in [0.717, 1.165) is 30.7 Å². The van der Waals surface area contributed by atoms with Crippen LogP contribution in [0.5, 0.6) is 0 Å². The maximum atomic E-state index is 11.9. The highest BCUT2D eigenvalue weighted by molar-refractivity contribution is 5.76. The molecule has 6 heteroatoms. The first-order valence-corrected chi connectivity index (χ1v) is 7.91. The number of carboxylic acids is 1. The SMILES string of the molecule is Cc1cc(C)n(C(C)CC(=O)NCCCCCCC(=O)O)n1. The highest BCUT2D eigenvalue weighted by atomic mass is 16.4. The minimum Gasteiger partial charge on any atom is -0.481 e. The van der Waals surface area contributed by atoms with Crippen molar-refractivity contribution < 1.29 is 14.7 Å². The minimum absolute atomic E-state index is 0.0330. The molecule has 1 unspecified atom stereocenters. The topological polar surface area (TPSA) is 84.2 Å². The third kappa shape index (κ3) is 6.74. The van der Waals surface area contributed by atoms with Crippen LogP contribution < -0.4 is 5.32 Å². The Morgan fingerprint density at radius 2 is 1.95 bits per heavy atom. The highest BCUT2D eigenvalue weighted by Gasteiger charge is 2.13. The molecule has 0 aliphatic heterocycles. The third-order valence-corrected chi connectivity index (χ3v) is 3.58. The van der Waals surface area contributed by atoms with Gasteiger partial charge in [0.05, 0.1) is 11.7 Å². The van der Waals surface area contributed by atoms with Gasteiger partial charge < -0.3 is 10.4 Å². The van der Waals surface area contributed by atoms with Crippen LogP contribution >= 0.6 is 0 Å². The van der Waals surface area contributed by atoms with Crippen molar-refractivity contribution in [3.63, 3.8) is 0 Å². The average molecular weight is 309 g/mol. The number of hydrogen-bond donors (Lipinski definition) is 2. The van der Waals surface area contributed by atoms with Gasteiger partial charge in [0, 0.05) is 25.1 Å². The Morgan fingerprint density at radius 3 is 2.55 bits per heavy atom. The summed E-state index contributed by atoms with van der Waals surface area (Å²) in [6.07, 6.45) is 4.08. The largest absolute Gasteiger partial charge is 0.481 e. The normalized spacial score (nSPS) is 12.1. The van der Waals surface area contributed by atoms with E-state index in [-0.39, 0.29) is 18.4 Å². The van der Waals surface area contributed by atoms with Crippen molar-refractivity contribution in [2.75, 3.05) is 6.54 Å². The number of rotatable bonds is 10. The van der Waals surface area contributed by atoms with Crippen LogP contribution in [0.15, 0.2) is 6.07 Å². The second-order valence-corrected chi connectivity index (χ2v) is 5.83. The first-order chi connectivity index (χ1) is 10.4. The summed E-state index contributed by atoms with van der Waals surface area (Å²) in [5.41, 5.74) is 2.03. The minimum atomic E-state index is -0.744. The van der Waals surface area contributed by atoms with Crippen LogP contribution in [0.25, 0.3) is 0 Å². The van der Waals surface area contributed by atoms with Gasteiger partial charge in [-0.25, -0.2) is 0 Å². The van der Waals surface area contributed by atoms with Crippen LogP contribution in [0.4, 0.5) is 0 Å². The number of hydrogen-bond acceptors (Lipinski definition) is 3. The average Bonchev–Trinajstić information content (AvgIpc) is 2.76. The molecule has 2 N–H and O–H groups in total. The number of carbonyl (C=O) groups excluding carboxylic acids is 1. The molecule has 0 saturated heterocycles. The number of amides is 1. The molecule has 0 spiro atoms. The zero-order valence-corrected chi connectivity index (χ0v) is 13.8. The van der Waals surface area contributed by atoms with E-state index < -0.39 is 5.97 Å². The van der Waals surface area contributed by atoms with E-state index in [0.29, 0.717) is 19.4 Å². The first kappa shape index (κ1) is 18.2. The van der Waals surface area contributed by atoms with Gasteiger partial charge in [0.1, 0.15) is 0 Å². The lowest BCUT2D eigenvalue weighted by Gasteiger charge is -2.14. The zero-order chi connectivity index (χ0) is 16.5. The Labute approximate surface area is 131 Å². The van der Waals surface area contributed by atoms with Crippen LogP contribution in [0.1, 0.15) is 62.9 Å². The van der Waals surface area contributed by atoms with Crippen molar-refractivity contribution >= 4 is 11.9 Å². The number of nitrogens with one attached hydrogen (secondary N) is 1. The Hall–Kier alpha value is -1.85. The monoisotopic (exact) mass is 309 g/mol. The Balaban J connectivity index is 2.15. The summed E-state index contributed by atoms with van der Waals surface area (Å²) in [4.78, 5) is 22.3. The quantitative estimate of drug-likeness (QED) is 0.651. The fourth-order valence-electron chi connectivity index (χ4n) is 2.50. The molecular weight excluding hydrogens is 282 g/mol. The predicted molar refractivity (Wildman–Crippen MR) is 84.8 cm³/mol. The number of carbonyl (C=O) groups is 2. The van der Waals surface area contributed by atoms with Gasteiger partial charge in [-0.05, 0) is 39.7 Å². The molecule has 0 aliphatic carbocycles. The summed E-state index contributed by atoms with van der Waals surface area (Å²) < 4.78 is 1.89. The maximum Gasteiger partial charge on any atom is 0.303 e. The predicted octanol–water partition coefficient (Wildman–Crippen LogP) is 2.60. The van der Waals surface area contributed by atoms with Gasteiger partial charge in [-0.3, -0.25) is 14.3 Å². The third-order valence-electron chi connectivity index (χ3n) is 3.58. The molecule has 1 atom stereocenters. The summed E-state index contributed by atoms with van der Waals surface area (Å²) in [5, 5.41) is 15.8. The summed E-state index contributed by atoms with van der Waals surface area (Å²) in [5.74, 6) is -0.711. The van der Waals surface area contributed by atoms with Crippen LogP contribution in [0, 0.1) is 13.8 Å². The molecule has 0 fully saturated rings. The number of carboxylic acid groups (broad SMARTS) is 1. The summed E-state index contributed by atoms with van der Waals surface area (Å²) in [6, 6.07) is 2.05. The van der Waals surface area contributed by atoms with Gasteiger partial charge in [-0.2, -0.15) is 5.10 Å². The van der Waals surface area contributed by atoms with Gasteiger partial charge >= 0.3 is 5.97 Å². The molecule has 1 rings (SSSR count). The molecule has 124 valence electrons. The van der Waals surface area contributed by atoms with E-state index >= 15 is 0 Å². The Morgan fingerprint density at radius 1 is 1.27 bits per heavy atom. The van der Waals surface area contributed by atoms with E-state index in [1.54, 1.807) is 0 Å². The highest BCUT2D eigenvalue weighted by Crippen LogP contribution is 2.14. The lowest BCUT2D eigenvalue weighted by Crippen LogP contribution is -2.27. The van der Waals surface area contributed by atoms with Crippen LogP contribution in [-0.2, 0) is 9.59 Å². The first-order valence-electron chi connectivity index (χ1n) is 7.91. The molecule has 0 bridgehead atoms. The van der Waals surface area contributed by atoms with Gasteiger partial charge in [0.15, 0.2) is 0 Å². The van der Waals surface area contributed by atoms with Gasteiger partial charge in [0.25, 0.3) is 0 Å². The lowest BCUT2D eigenvalue weighted by atomic mass is 10.1. The van der Waals surface area contributed by atoms with Crippen molar-refractivity contribution in [2.24, 2.45) is 0 Å². The second-order valence-electron chi connectivity index (χ2n) is 5.83. The standard InChI is InChI=1S/C16H27N3O3/c1-12-10-13(2)19(18-12)14(3)11-15(20)17-9-7-5-4-6-8-16(21)22/h10,14H,4-9,11H2,1-3H3,(H,17,20)(H,21,22). The molecule has 22 heavy (non-hydrogen) atoms. The number of aryl methyl sites for hydroxylation is 2. The van der Waals surface area contributed by atoms with Crippen LogP contribution in [0.3, 0.4) is 0 Å². The summed E-state index contributed by atoms with van der Waals surface area (Å²) >= 11 is 0. The Bertz CT molecular complexity index is 497. The van der Waals surface area contributed by atoms with E-state index in [1.165, 1.54) is 0 Å². The van der Waals surface area contributed by atoms with Crippen molar-refractivity contribution in [3.05, 3.63) is 17.5 Å². The van der Waals surface area contributed by atoms with Crippen LogP contribution in [0.2, 0.25) is 0 Å². The van der Waals surface area contributed by atoms with Crippen molar-refractivity contribution in [1.29, 1.82) is 0 Å². The van der Waals surface area contributed by atoms with E-state index in [1.807, 2.05) is 31.5 Å². The van der Waals surface area contributed by atoms with E-state index in [9.17, 15) is 9.59 Å². The van der Waals surface area contributed by atoms with Crippen molar-refractivity contribution in [3.8, 4) is 0 Å². The maximum absolute atomic E-state index is 11.9. The molecule has 6 nitrogen and oxygen atoms in total. The number of aliphatic carboxylic acids is 1. The molecule has 1 aromatic heterocycles. The number of unbranched alkanes of at least 4 members (excludes halogenated alkanes) is 3. The molecule has 0 saturated carbocycles.